The molecule has 0 N–H and O–H groups in total. The van der Waals surface area contributed by atoms with Gasteiger partial charge in [-0.1, -0.05) is 44.5 Å². The Balaban J connectivity index is 1.97. The summed E-state index contributed by atoms with van der Waals surface area (Å²) in [6.45, 7) is 12.8. The second-order valence-electron chi connectivity index (χ2n) is 9.75. The molecular formula is C31H33BrClN3O3. The normalized spacial score (nSPS) is 12.4. The van der Waals surface area contributed by atoms with Crippen LogP contribution in [0.3, 0.4) is 0 Å². The van der Waals surface area contributed by atoms with Crippen LogP contribution < -0.4 is 15.0 Å². The smallest absolute Gasteiger partial charge is 0.282 e. The van der Waals surface area contributed by atoms with Gasteiger partial charge in [0.1, 0.15) is 11.5 Å². The summed E-state index contributed by atoms with van der Waals surface area (Å²) in [5.74, 6) is 2.10. The van der Waals surface area contributed by atoms with Gasteiger partial charge in [0.2, 0.25) is 0 Å². The molecule has 0 bridgehead atoms. The Bertz CT molecular complexity index is 1600. The van der Waals surface area contributed by atoms with E-state index < -0.39 is 0 Å². The van der Waals surface area contributed by atoms with Gasteiger partial charge in [-0.15, -0.1) is 0 Å². The summed E-state index contributed by atoms with van der Waals surface area (Å²) in [7, 11) is 0. The lowest BCUT2D eigenvalue weighted by Gasteiger charge is -2.18. The predicted molar refractivity (Wildman–Crippen MR) is 164 cm³/mol. The van der Waals surface area contributed by atoms with E-state index in [0.717, 1.165) is 28.9 Å². The second-order valence-corrected chi connectivity index (χ2v) is 11.0. The van der Waals surface area contributed by atoms with Gasteiger partial charge in [0.15, 0.2) is 5.82 Å². The maximum absolute atomic E-state index is 13.8. The van der Waals surface area contributed by atoms with Crippen LogP contribution in [-0.2, 0) is 0 Å². The summed E-state index contributed by atoms with van der Waals surface area (Å²) in [6, 6.07) is 14.9. The van der Waals surface area contributed by atoms with E-state index in [9.17, 15) is 4.79 Å². The van der Waals surface area contributed by atoms with Crippen molar-refractivity contribution < 1.29 is 9.47 Å². The SMILES string of the molecule is CCOc1cc(C)c(-c2nc3ccccc3c(=O)n2N=Cc2cc(Cl)cc(Br)c2O[C@H](C)CC)cc1C(C)C. The number of nitrogens with zero attached hydrogens (tertiary/aromatic N) is 3. The van der Waals surface area contributed by atoms with E-state index in [2.05, 4.69) is 47.9 Å². The molecule has 0 saturated heterocycles. The van der Waals surface area contributed by atoms with E-state index in [1.54, 1.807) is 24.4 Å². The van der Waals surface area contributed by atoms with Gasteiger partial charge in [-0.3, -0.25) is 4.79 Å². The van der Waals surface area contributed by atoms with E-state index in [4.69, 9.17) is 26.1 Å². The topological polar surface area (TPSA) is 65.7 Å². The van der Waals surface area contributed by atoms with E-state index >= 15 is 0 Å². The molecule has 4 aromatic rings. The first-order valence-electron chi connectivity index (χ1n) is 13.1. The molecule has 3 aromatic carbocycles. The first-order valence-corrected chi connectivity index (χ1v) is 14.3. The molecule has 0 aliphatic heterocycles. The molecule has 0 unspecified atom stereocenters. The number of ether oxygens (including phenoxy) is 2. The third kappa shape index (κ3) is 6.20. The summed E-state index contributed by atoms with van der Waals surface area (Å²) in [5.41, 5.74) is 3.77. The Kier molecular flexibility index (Phi) is 9.13. The molecule has 0 amide bonds. The molecule has 0 fully saturated rings. The van der Waals surface area contributed by atoms with Crippen molar-refractivity contribution in [1.82, 2.24) is 9.66 Å². The number of hydrogen-bond donors (Lipinski definition) is 0. The van der Waals surface area contributed by atoms with E-state index in [1.807, 2.05) is 45.0 Å². The van der Waals surface area contributed by atoms with Crippen LogP contribution in [0.4, 0.5) is 0 Å². The lowest BCUT2D eigenvalue weighted by molar-refractivity contribution is 0.215. The molecular weight excluding hydrogens is 578 g/mol. The number of halogens is 2. The molecule has 1 atom stereocenters. The largest absolute Gasteiger partial charge is 0.494 e. The van der Waals surface area contributed by atoms with Gasteiger partial charge in [-0.05, 0) is 96.6 Å². The Morgan fingerprint density at radius 3 is 2.56 bits per heavy atom. The fourth-order valence-corrected chi connectivity index (χ4v) is 5.21. The van der Waals surface area contributed by atoms with Crippen molar-refractivity contribution in [2.75, 3.05) is 6.61 Å². The average molecular weight is 611 g/mol. The molecule has 0 spiro atoms. The molecule has 8 heteroatoms. The highest BCUT2D eigenvalue weighted by atomic mass is 79.9. The van der Waals surface area contributed by atoms with E-state index in [0.29, 0.717) is 44.1 Å². The van der Waals surface area contributed by atoms with Crippen molar-refractivity contribution in [3.05, 3.63) is 85.1 Å². The summed E-state index contributed by atoms with van der Waals surface area (Å²) in [6.07, 6.45) is 2.42. The zero-order chi connectivity index (χ0) is 28.3. The molecule has 0 aliphatic carbocycles. The van der Waals surface area contributed by atoms with Crippen LogP contribution in [0, 0.1) is 6.92 Å². The van der Waals surface area contributed by atoms with E-state index in [1.165, 1.54) is 4.68 Å². The van der Waals surface area contributed by atoms with E-state index in [-0.39, 0.29) is 17.6 Å². The number of benzene rings is 3. The summed E-state index contributed by atoms with van der Waals surface area (Å²) < 4.78 is 14.2. The van der Waals surface area contributed by atoms with Crippen molar-refractivity contribution in [2.45, 2.75) is 60.0 Å². The molecule has 39 heavy (non-hydrogen) atoms. The van der Waals surface area contributed by atoms with Crippen LogP contribution in [-0.4, -0.2) is 28.6 Å². The molecule has 0 radical (unpaired) electrons. The molecule has 1 heterocycles. The van der Waals surface area contributed by atoms with Gasteiger partial charge in [0, 0.05) is 16.1 Å². The quantitative estimate of drug-likeness (QED) is 0.179. The number of aromatic nitrogens is 2. The highest BCUT2D eigenvalue weighted by Gasteiger charge is 2.19. The van der Waals surface area contributed by atoms with Crippen molar-refractivity contribution in [1.29, 1.82) is 0 Å². The van der Waals surface area contributed by atoms with Crippen molar-refractivity contribution in [2.24, 2.45) is 5.10 Å². The zero-order valence-corrected chi connectivity index (χ0v) is 25.4. The molecule has 0 saturated carbocycles. The van der Waals surface area contributed by atoms with Crippen LogP contribution in [0.1, 0.15) is 63.6 Å². The third-order valence-corrected chi connectivity index (χ3v) is 7.32. The fourth-order valence-electron chi connectivity index (χ4n) is 4.28. The minimum atomic E-state index is -0.267. The van der Waals surface area contributed by atoms with Gasteiger partial charge in [-0.25, -0.2) is 4.98 Å². The van der Waals surface area contributed by atoms with Crippen LogP contribution in [0.2, 0.25) is 5.02 Å². The highest BCUT2D eigenvalue weighted by Crippen LogP contribution is 2.35. The number of para-hydroxylation sites is 1. The number of hydrogen-bond acceptors (Lipinski definition) is 5. The van der Waals surface area contributed by atoms with Crippen molar-refractivity contribution >= 4 is 44.6 Å². The van der Waals surface area contributed by atoms with Crippen LogP contribution in [0.5, 0.6) is 11.5 Å². The van der Waals surface area contributed by atoms with Crippen LogP contribution in [0.15, 0.2) is 62.9 Å². The van der Waals surface area contributed by atoms with Gasteiger partial charge in [0.05, 0.1) is 34.3 Å². The van der Waals surface area contributed by atoms with Gasteiger partial charge in [-0.2, -0.15) is 9.78 Å². The number of rotatable bonds is 9. The maximum Gasteiger partial charge on any atom is 0.282 e. The lowest BCUT2D eigenvalue weighted by atomic mass is 9.96. The molecule has 204 valence electrons. The standard InChI is InChI=1S/C31H33BrClN3O3/c1-7-20(6)39-29-21(14-22(33)15-26(29)32)17-34-36-30(35-27-12-10-9-11-23(27)31(36)37)25-16-24(18(3)4)28(38-8-2)13-19(25)5/h9-18,20H,7-8H2,1-6H3/t20-/m1/s1. The number of fused-ring (bicyclic) bond motifs is 1. The molecule has 1 aromatic heterocycles. The Morgan fingerprint density at radius 1 is 1.13 bits per heavy atom. The summed E-state index contributed by atoms with van der Waals surface area (Å²) in [4.78, 5) is 18.7. The molecule has 6 nitrogen and oxygen atoms in total. The lowest BCUT2D eigenvalue weighted by Crippen LogP contribution is -2.21. The van der Waals surface area contributed by atoms with Gasteiger partial charge in [0.25, 0.3) is 5.56 Å². The third-order valence-electron chi connectivity index (χ3n) is 6.52. The first kappa shape index (κ1) is 28.8. The maximum atomic E-state index is 13.8. The Labute approximate surface area is 242 Å². The number of aryl methyl sites for hydroxylation is 1. The zero-order valence-electron chi connectivity index (χ0n) is 23.1. The van der Waals surface area contributed by atoms with Crippen LogP contribution in [0.25, 0.3) is 22.3 Å². The van der Waals surface area contributed by atoms with Gasteiger partial charge >= 0.3 is 0 Å². The Morgan fingerprint density at radius 2 is 1.87 bits per heavy atom. The van der Waals surface area contributed by atoms with Gasteiger partial charge < -0.3 is 9.47 Å². The highest BCUT2D eigenvalue weighted by molar-refractivity contribution is 9.10. The fraction of sp³-hybridized carbons (Fsp3) is 0.323. The van der Waals surface area contributed by atoms with Crippen LogP contribution >= 0.6 is 27.5 Å². The second kappa shape index (κ2) is 12.3. The average Bonchev–Trinajstić information content (AvgIpc) is 2.90. The minimum Gasteiger partial charge on any atom is -0.494 e. The Hall–Kier alpha value is -3.16. The summed E-state index contributed by atoms with van der Waals surface area (Å²) in [5, 5.41) is 5.68. The predicted octanol–water partition coefficient (Wildman–Crippen LogP) is 8.37. The monoisotopic (exact) mass is 609 g/mol. The summed E-state index contributed by atoms with van der Waals surface area (Å²) >= 11 is 9.95. The van der Waals surface area contributed by atoms with Crippen molar-refractivity contribution in [3.8, 4) is 22.9 Å². The molecule has 4 rings (SSSR count). The van der Waals surface area contributed by atoms with Crippen molar-refractivity contribution in [3.63, 3.8) is 0 Å². The molecule has 0 aliphatic rings. The minimum absolute atomic E-state index is 0.0174. The first-order chi connectivity index (χ1) is 18.6.